The molecule has 0 saturated carbocycles. The summed E-state index contributed by atoms with van der Waals surface area (Å²) in [5.41, 5.74) is 3.76. The van der Waals surface area contributed by atoms with Crippen molar-refractivity contribution in [1.82, 2.24) is 0 Å². The topological polar surface area (TPSA) is 9.23 Å². The SMILES string of the molecule is Cc1ccc(COc2ccc(SC(C)C)c(C)c2)cc1. The van der Waals surface area contributed by atoms with Gasteiger partial charge < -0.3 is 4.74 Å². The number of aryl methyl sites for hydroxylation is 2. The van der Waals surface area contributed by atoms with Gasteiger partial charge in [-0.3, -0.25) is 0 Å². The first-order valence-corrected chi connectivity index (χ1v) is 7.88. The standard InChI is InChI=1S/C18H22OS/c1-13(2)20-18-10-9-17(11-15(18)4)19-12-16-7-5-14(3)6-8-16/h5-11,13H,12H2,1-4H3. The number of thioether (sulfide) groups is 1. The van der Waals surface area contributed by atoms with E-state index in [1.807, 2.05) is 11.8 Å². The number of hydrogen-bond donors (Lipinski definition) is 0. The van der Waals surface area contributed by atoms with E-state index in [9.17, 15) is 0 Å². The average molecular weight is 286 g/mol. The molecule has 0 atom stereocenters. The molecule has 0 amide bonds. The monoisotopic (exact) mass is 286 g/mol. The average Bonchev–Trinajstić information content (AvgIpc) is 2.40. The molecule has 0 spiro atoms. The van der Waals surface area contributed by atoms with E-state index in [0.717, 1.165) is 5.75 Å². The van der Waals surface area contributed by atoms with Crippen LogP contribution in [0.2, 0.25) is 0 Å². The minimum absolute atomic E-state index is 0.605. The van der Waals surface area contributed by atoms with E-state index in [4.69, 9.17) is 4.74 Å². The molecule has 2 aromatic carbocycles. The minimum Gasteiger partial charge on any atom is -0.489 e. The Hall–Kier alpha value is -1.41. The number of hydrogen-bond acceptors (Lipinski definition) is 2. The summed E-state index contributed by atoms with van der Waals surface area (Å²) in [6.45, 7) is 9.29. The summed E-state index contributed by atoms with van der Waals surface area (Å²) in [7, 11) is 0. The van der Waals surface area contributed by atoms with E-state index >= 15 is 0 Å². The van der Waals surface area contributed by atoms with E-state index in [2.05, 4.69) is 70.2 Å². The predicted molar refractivity (Wildman–Crippen MR) is 87.7 cm³/mol. The molecule has 0 bridgehead atoms. The number of ether oxygens (including phenoxy) is 1. The molecule has 0 aromatic heterocycles. The Morgan fingerprint density at radius 1 is 1.00 bits per heavy atom. The Kier molecular flexibility index (Phi) is 5.13. The van der Waals surface area contributed by atoms with Crippen molar-refractivity contribution in [2.24, 2.45) is 0 Å². The van der Waals surface area contributed by atoms with Crippen LogP contribution in [0.15, 0.2) is 47.4 Å². The smallest absolute Gasteiger partial charge is 0.120 e. The zero-order valence-electron chi connectivity index (χ0n) is 12.6. The third kappa shape index (κ3) is 4.31. The summed E-state index contributed by atoms with van der Waals surface area (Å²) in [4.78, 5) is 1.34. The molecule has 0 aliphatic rings. The Bertz CT molecular complexity index is 558. The molecular formula is C18H22OS. The van der Waals surface area contributed by atoms with Crippen molar-refractivity contribution in [3.05, 3.63) is 59.2 Å². The summed E-state index contributed by atoms with van der Waals surface area (Å²) in [6, 6.07) is 14.8. The van der Waals surface area contributed by atoms with Crippen molar-refractivity contribution in [3.8, 4) is 5.75 Å². The van der Waals surface area contributed by atoms with Crippen LogP contribution in [0.3, 0.4) is 0 Å². The van der Waals surface area contributed by atoms with Crippen molar-refractivity contribution in [2.45, 2.75) is 44.4 Å². The first-order valence-electron chi connectivity index (χ1n) is 7.00. The van der Waals surface area contributed by atoms with Crippen molar-refractivity contribution in [1.29, 1.82) is 0 Å². The van der Waals surface area contributed by atoms with Gasteiger partial charge >= 0.3 is 0 Å². The molecule has 2 heteroatoms. The zero-order chi connectivity index (χ0) is 14.5. The van der Waals surface area contributed by atoms with Gasteiger partial charge in [-0.2, -0.15) is 0 Å². The Balaban J connectivity index is 1.99. The van der Waals surface area contributed by atoms with Gasteiger partial charge in [-0.15, -0.1) is 11.8 Å². The van der Waals surface area contributed by atoms with Gasteiger partial charge in [-0.25, -0.2) is 0 Å². The highest BCUT2D eigenvalue weighted by atomic mass is 32.2. The second-order valence-corrected chi connectivity index (χ2v) is 6.99. The van der Waals surface area contributed by atoms with E-state index in [1.165, 1.54) is 21.6 Å². The van der Waals surface area contributed by atoms with E-state index < -0.39 is 0 Å². The largest absolute Gasteiger partial charge is 0.489 e. The lowest BCUT2D eigenvalue weighted by Gasteiger charge is -2.11. The summed E-state index contributed by atoms with van der Waals surface area (Å²) in [5.74, 6) is 0.941. The summed E-state index contributed by atoms with van der Waals surface area (Å²) in [5, 5.41) is 0.605. The first-order chi connectivity index (χ1) is 9.54. The highest BCUT2D eigenvalue weighted by molar-refractivity contribution is 8.00. The van der Waals surface area contributed by atoms with Crippen molar-refractivity contribution in [2.75, 3.05) is 0 Å². The van der Waals surface area contributed by atoms with Crippen LogP contribution in [0.4, 0.5) is 0 Å². The molecule has 20 heavy (non-hydrogen) atoms. The maximum Gasteiger partial charge on any atom is 0.120 e. The molecule has 0 N–H and O–H groups in total. The van der Waals surface area contributed by atoms with Gasteiger partial charge in [0.15, 0.2) is 0 Å². The van der Waals surface area contributed by atoms with Crippen molar-refractivity contribution < 1.29 is 4.74 Å². The molecule has 0 unspecified atom stereocenters. The van der Waals surface area contributed by atoms with Crippen LogP contribution < -0.4 is 4.74 Å². The fourth-order valence-electron chi connectivity index (χ4n) is 1.95. The van der Waals surface area contributed by atoms with E-state index in [1.54, 1.807) is 0 Å². The maximum absolute atomic E-state index is 5.86. The van der Waals surface area contributed by atoms with Crippen LogP contribution in [0.5, 0.6) is 5.75 Å². The third-order valence-corrected chi connectivity index (χ3v) is 4.22. The summed E-state index contributed by atoms with van der Waals surface area (Å²) in [6.07, 6.45) is 0. The van der Waals surface area contributed by atoms with Crippen LogP contribution in [-0.4, -0.2) is 5.25 Å². The van der Waals surface area contributed by atoms with Crippen LogP contribution in [0, 0.1) is 13.8 Å². The highest BCUT2D eigenvalue weighted by Crippen LogP contribution is 2.29. The van der Waals surface area contributed by atoms with Gasteiger partial charge in [0.25, 0.3) is 0 Å². The highest BCUT2D eigenvalue weighted by Gasteiger charge is 2.04. The van der Waals surface area contributed by atoms with Gasteiger partial charge in [-0.05, 0) is 43.2 Å². The maximum atomic E-state index is 5.86. The fraction of sp³-hybridized carbons (Fsp3) is 0.333. The van der Waals surface area contributed by atoms with Crippen LogP contribution in [0.1, 0.15) is 30.5 Å². The molecule has 2 aromatic rings. The Morgan fingerprint density at radius 3 is 2.30 bits per heavy atom. The number of benzene rings is 2. The van der Waals surface area contributed by atoms with Crippen LogP contribution in [-0.2, 0) is 6.61 Å². The second kappa shape index (κ2) is 6.85. The molecule has 0 radical (unpaired) electrons. The van der Waals surface area contributed by atoms with Gasteiger partial charge in [0.1, 0.15) is 12.4 Å². The lowest BCUT2D eigenvalue weighted by molar-refractivity contribution is 0.306. The normalized spacial score (nSPS) is 10.8. The molecule has 0 aliphatic carbocycles. The van der Waals surface area contributed by atoms with E-state index in [0.29, 0.717) is 11.9 Å². The molecular weight excluding hydrogens is 264 g/mol. The molecule has 2 rings (SSSR count). The van der Waals surface area contributed by atoms with Gasteiger partial charge in [0.2, 0.25) is 0 Å². The summed E-state index contributed by atoms with van der Waals surface area (Å²) < 4.78 is 5.86. The molecule has 0 saturated heterocycles. The quantitative estimate of drug-likeness (QED) is 0.682. The molecule has 106 valence electrons. The first kappa shape index (κ1) is 15.0. The zero-order valence-corrected chi connectivity index (χ0v) is 13.5. The molecule has 0 heterocycles. The van der Waals surface area contributed by atoms with E-state index in [-0.39, 0.29) is 0 Å². The molecule has 0 fully saturated rings. The van der Waals surface area contributed by atoms with Gasteiger partial charge in [0.05, 0.1) is 0 Å². The van der Waals surface area contributed by atoms with Crippen LogP contribution >= 0.6 is 11.8 Å². The Labute approximate surface area is 126 Å². The predicted octanol–water partition coefficient (Wildman–Crippen LogP) is 5.38. The third-order valence-electron chi connectivity index (χ3n) is 3.04. The minimum atomic E-state index is 0.605. The van der Waals surface area contributed by atoms with Gasteiger partial charge in [-0.1, -0.05) is 43.7 Å². The summed E-state index contributed by atoms with van der Waals surface area (Å²) >= 11 is 1.89. The lowest BCUT2D eigenvalue weighted by atomic mass is 10.2. The lowest BCUT2D eigenvalue weighted by Crippen LogP contribution is -1.96. The second-order valence-electron chi connectivity index (χ2n) is 5.37. The van der Waals surface area contributed by atoms with Crippen molar-refractivity contribution in [3.63, 3.8) is 0 Å². The molecule has 1 nitrogen and oxygen atoms in total. The molecule has 0 aliphatic heterocycles. The van der Waals surface area contributed by atoms with Crippen LogP contribution in [0.25, 0.3) is 0 Å². The number of rotatable bonds is 5. The fourth-order valence-corrected chi connectivity index (χ4v) is 2.85. The van der Waals surface area contributed by atoms with Crippen molar-refractivity contribution >= 4 is 11.8 Å². The van der Waals surface area contributed by atoms with Gasteiger partial charge in [0, 0.05) is 10.1 Å². The Morgan fingerprint density at radius 2 is 1.70 bits per heavy atom.